The van der Waals surface area contributed by atoms with Crippen LogP contribution in [0.3, 0.4) is 0 Å². The van der Waals surface area contributed by atoms with Gasteiger partial charge in [-0.25, -0.2) is 0 Å². The Hall–Kier alpha value is -1.33. The highest BCUT2D eigenvalue weighted by atomic mass is 16.4. The van der Waals surface area contributed by atoms with Crippen LogP contribution in [-0.2, 0) is 11.3 Å². The minimum absolute atomic E-state index is 0.0507. The van der Waals surface area contributed by atoms with Gasteiger partial charge in [0.25, 0.3) is 0 Å². The Balaban J connectivity index is 1.74. The molecule has 0 bridgehead atoms. The van der Waals surface area contributed by atoms with E-state index in [1.54, 1.807) is 6.26 Å². The van der Waals surface area contributed by atoms with Gasteiger partial charge >= 0.3 is 5.97 Å². The number of nitrogens with zero attached hydrogens (tertiary/aromatic N) is 2. The lowest BCUT2D eigenvalue weighted by molar-refractivity contribution is -0.145. The Morgan fingerprint density at radius 3 is 2.85 bits per heavy atom. The van der Waals surface area contributed by atoms with Crippen LogP contribution in [0.15, 0.2) is 22.8 Å². The molecule has 1 aromatic heterocycles. The summed E-state index contributed by atoms with van der Waals surface area (Å²) in [5, 5.41) is 9.58. The van der Waals surface area contributed by atoms with Gasteiger partial charge in [-0.2, -0.15) is 0 Å². The number of aliphatic carboxylic acids is 1. The summed E-state index contributed by atoms with van der Waals surface area (Å²) >= 11 is 0. The SMILES string of the molecule is CN1CCC2(CC1)CN(Cc1ccco1)C[C@H]2C(=O)O. The maximum absolute atomic E-state index is 11.6. The zero-order chi connectivity index (χ0) is 14.2. The monoisotopic (exact) mass is 278 g/mol. The molecule has 0 saturated carbocycles. The maximum Gasteiger partial charge on any atom is 0.308 e. The molecule has 0 aromatic carbocycles. The molecule has 1 atom stereocenters. The molecule has 20 heavy (non-hydrogen) atoms. The molecule has 1 N–H and O–H groups in total. The molecule has 2 fully saturated rings. The van der Waals surface area contributed by atoms with E-state index >= 15 is 0 Å². The smallest absolute Gasteiger partial charge is 0.308 e. The number of rotatable bonds is 3. The van der Waals surface area contributed by atoms with Gasteiger partial charge in [0.1, 0.15) is 5.76 Å². The summed E-state index contributed by atoms with van der Waals surface area (Å²) in [7, 11) is 2.11. The normalized spacial score (nSPS) is 27.1. The van der Waals surface area contributed by atoms with Crippen molar-refractivity contribution in [2.24, 2.45) is 11.3 Å². The van der Waals surface area contributed by atoms with Crippen LogP contribution in [0.1, 0.15) is 18.6 Å². The zero-order valence-corrected chi connectivity index (χ0v) is 11.9. The van der Waals surface area contributed by atoms with E-state index in [4.69, 9.17) is 4.42 Å². The highest BCUT2D eigenvalue weighted by Crippen LogP contribution is 2.45. The number of piperidine rings is 1. The van der Waals surface area contributed by atoms with Crippen molar-refractivity contribution in [1.29, 1.82) is 0 Å². The standard InChI is InChI=1S/C15H22N2O3/c1-16-6-4-15(5-7-16)11-17(10-13(15)14(18)19)9-12-3-2-8-20-12/h2-3,8,13H,4-7,9-11H2,1H3,(H,18,19)/t13-/m0/s1. The Labute approximate surface area is 119 Å². The zero-order valence-electron chi connectivity index (χ0n) is 11.9. The molecule has 3 heterocycles. The molecule has 3 rings (SSSR count). The van der Waals surface area contributed by atoms with Crippen LogP contribution in [0.5, 0.6) is 0 Å². The third-order valence-electron chi connectivity index (χ3n) is 4.96. The first-order valence-corrected chi connectivity index (χ1v) is 7.25. The lowest BCUT2D eigenvalue weighted by Crippen LogP contribution is -2.44. The fourth-order valence-corrected chi connectivity index (χ4v) is 3.73. The lowest BCUT2D eigenvalue weighted by atomic mass is 9.71. The van der Waals surface area contributed by atoms with E-state index in [1.807, 2.05) is 12.1 Å². The minimum Gasteiger partial charge on any atom is -0.481 e. The van der Waals surface area contributed by atoms with Crippen LogP contribution in [-0.4, -0.2) is 54.1 Å². The van der Waals surface area contributed by atoms with Crippen molar-refractivity contribution >= 4 is 5.97 Å². The van der Waals surface area contributed by atoms with E-state index in [-0.39, 0.29) is 11.3 Å². The highest BCUT2D eigenvalue weighted by Gasteiger charge is 2.50. The van der Waals surface area contributed by atoms with Crippen molar-refractivity contribution in [2.45, 2.75) is 19.4 Å². The number of hydrogen-bond acceptors (Lipinski definition) is 4. The van der Waals surface area contributed by atoms with Crippen molar-refractivity contribution < 1.29 is 14.3 Å². The van der Waals surface area contributed by atoms with Crippen molar-refractivity contribution in [3.63, 3.8) is 0 Å². The average Bonchev–Trinajstić information content (AvgIpc) is 3.02. The Kier molecular flexibility index (Phi) is 3.56. The van der Waals surface area contributed by atoms with Crippen LogP contribution in [0, 0.1) is 11.3 Å². The first-order valence-electron chi connectivity index (χ1n) is 7.25. The van der Waals surface area contributed by atoms with Crippen LogP contribution in [0.25, 0.3) is 0 Å². The number of hydrogen-bond donors (Lipinski definition) is 1. The summed E-state index contributed by atoms with van der Waals surface area (Å²) in [6, 6.07) is 3.83. The minimum atomic E-state index is -0.642. The molecule has 2 aliphatic rings. The molecular formula is C15H22N2O3. The van der Waals surface area contributed by atoms with Gasteiger partial charge in [0.2, 0.25) is 0 Å². The summed E-state index contributed by atoms with van der Waals surface area (Å²) in [5.41, 5.74) is -0.0507. The summed E-state index contributed by atoms with van der Waals surface area (Å²) < 4.78 is 5.39. The van der Waals surface area contributed by atoms with Gasteiger partial charge in [-0.3, -0.25) is 9.69 Å². The van der Waals surface area contributed by atoms with Gasteiger partial charge in [-0.1, -0.05) is 0 Å². The molecule has 0 unspecified atom stereocenters. The number of likely N-dealkylation sites (tertiary alicyclic amines) is 2. The van der Waals surface area contributed by atoms with Crippen molar-refractivity contribution in [1.82, 2.24) is 9.80 Å². The van der Waals surface area contributed by atoms with Crippen molar-refractivity contribution in [3.8, 4) is 0 Å². The summed E-state index contributed by atoms with van der Waals surface area (Å²) in [5.74, 6) is 0.0294. The van der Waals surface area contributed by atoms with E-state index in [0.29, 0.717) is 13.1 Å². The van der Waals surface area contributed by atoms with Crippen molar-refractivity contribution in [2.75, 3.05) is 33.2 Å². The molecule has 1 spiro atoms. The molecule has 2 aliphatic heterocycles. The first kappa shape index (κ1) is 13.6. The second-order valence-electron chi connectivity index (χ2n) is 6.31. The van der Waals surface area contributed by atoms with E-state index in [2.05, 4.69) is 16.8 Å². The lowest BCUT2D eigenvalue weighted by Gasteiger charge is -2.40. The summed E-state index contributed by atoms with van der Waals surface area (Å²) in [6.45, 7) is 4.23. The van der Waals surface area contributed by atoms with Crippen LogP contribution < -0.4 is 0 Å². The molecule has 0 radical (unpaired) electrons. The van der Waals surface area contributed by atoms with E-state index in [0.717, 1.165) is 38.2 Å². The number of carboxylic acids is 1. The number of furan rings is 1. The van der Waals surface area contributed by atoms with Gasteiger partial charge < -0.3 is 14.4 Å². The van der Waals surface area contributed by atoms with Gasteiger partial charge in [-0.05, 0) is 45.1 Å². The molecule has 110 valence electrons. The Morgan fingerprint density at radius 2 is 2.25 bits per heavy atom. The summed E-state index contributed by atoms with van der Waals surface area (Å²) in [4.78, 5) is 16.2. The highest BCUT2D eigenvalue weighted by molar-refractivity contribution is 5.72. The quantitative estimate of drug-likeness (QED) is 0.908. The molecule has 0 amide bonds. The van der Waals surface area contributed by atoms with Crippen LogP contribution >= 0.6 is 0 Å². The van der Waals surface area contributed by atoms with Gasteiger partial charge in [-0.15, -0.1) is 0 Å². The fraction of sp³-hybridized carbons (Fsp3) is 0.667. The van der Waals surface area contributed by atoms with Gasteiger partial charge in [0.15, 0.2) is 0 Å². The Morgan fingerprint density at radius 1 is 1.50 bits per heavy atom. The second kappa shape index (κ2) is 5.22. The topological polar surface area (TPSA) is 56.9 Å². The average molecular weight is 278 g/mol. The molecule has 2 saturated heterocycles. The third kappa shape index (κ3) is 2.47. The van der Waals surface area contributed by atoms with Crippen LogP contribution in [0.2, 0.25) is 0 Å². The van der Waals surface area contributed by atoms with E-state index < -0.39 is 5.97 Å². The molecule has 5 heteroatoms. The fourth-order valence-electron chi connectivity index (χ4n) is 3.73. The Bertz CT molecular complexity index is 463. The number of carbonyl (C=O) groups is 1. The van der Waals surface area contributed by atoms with Gasteiger partial charge in [0, 0.05) is 18.5 Å². The molecule has 1 aromatic rings. The first-order chi connectivity index (χ1) is 9.59. The predicted octanol–water partition coefficient (Wildman–Crippen LogP) is 1.51. The third-order valence-corrected chi connectivity index (χ3v) is 4.96. The predicted molar refractivity (Wildman–Crippen MR) is 74.3 cm³/mol. The second-order valence-corrected chi connectivity index (χ2v) is 6.31. The van der Waals surface area contributed by atoms with E-state index in [1.165, 1.54) is 0 Å². The van der Waals surface area contributed by atoms with Crippen LogP contribution in [0.4, 0.5) is 0 Å². The van der Waals surface area contributed by atoms with Gasteiger partial charge in [0.05, 0.1) is 18.7 Å². The summed E-state index contributed by atoms with van der Waals surface area (Å²) in [6.07, 6.45) is 3.63. The number of carboxylic acid groups (broad SMARTS) is 1. The molecule has 5 nitrogen and oxygen atoms in total. The van der Waals surface area contributed by atoms with E-state index in [9.17, 15) is 9.90 Å². The largest absolute Gasteiger partial charge is 0.481 e. The maximum atomic E-state index is 11.6. The van der Waals surface area contributed by atoms with Crippen molar-refractivity contribution in [3.05, 3.63) is 24.2 Å². The molecular weight excluding hydrogens is 256 g/mol. The molecule has 0 aliphatic carbocycles.